The Morgan fingerprint density at radius 3 is 2.15 bits per heavy atom. The zero-order chi connectivity index (χ0) is 31.7. The van der Waals surface area contributed by atoms with E-state index in [4.69, 9.17) is 4.99 Å². The molecule has 0 radical (unpaired) electrons. The molecule has 6 aromatic rings. The molecule has 0 fully saturated rings. The maximum atomic E-state index is 5.38. The third kappa shape index (κ3) is 5.28. The van der Waals surface area contributed by atoms with E-state index in [1.807, 2.05) is 0 Å². The van der Waals surface area contributed by atoms with Crippen LogP contribution in [0, 0.1) is 0 Å². The summed E-state index contributed by atoms with van der Waals surface area (Å²) in [4.78, 5) is 5.38. The van der Waals surface area contributed by atoms with E-state index in [0.717, 1.165) is 43.5 Å². The van der Waals surface area contributed by atoms with Gasteiger partial charge in [-0.1, -0.05) is 135 Å². The number of rotatable bonds is 7. The van der Waals surface area contributed by atoms with Gasteiger partial charge in [0.1, 0.15) is 0 Å². The van der Waals surface area contributed by atoms with Crippen LogP contribution in [-0.4, -0.2) is 10.3 Å². The van der Waals surface area contributed by atoms with E-state index in [9.17, 15) is 0 Å². The minimum atomic E-state index is 0.292. The van der Waals surface area contributed by atoms with E-state index < -0.39 is 0 Å². The number of para-hydroxylation sites is 2. The lowest BCUT2D eigenvalue weighted by Gasteiger charge is -2.21. The van der Waals surface area contributed by atoms with Crippen LogP contribution in [0.5, 0.6) is 0 Å². The van der Waals surface area contributed by atoms with Crippen LogP contribution in [0.1, 0.15) is 73.4 Å². The average molecular weight is 609 g/mol. The molecule has 2 nitrogen and oxygen atoms in total. The molecule has 0 saturated heterocycles. The van der Waals surface area contributed by atoms with Gasteiger partial charge in [-0.25, -0.2) is 0 Å². The Labute approximate surface area is 277 Å². The Kier molecular flexibility index (Phi) is 7.79. The normalized spacial score (nSPS) is 16.6. The second-order valence-electron chi connectivity index (χ2n) is 12.8. The summed E-state index contributed by atoms with van der Waals surface area (Å²) in [5.41, 5.74) is 12.5. The maximum absolute atomic E-state index is 5.38. The first kappa shape index (κ1) is 29.2. The fraction of sp³-hybridized carbons (Fsp3) is 0.178. The smallest absolute Gasteiger partial charge is 0.0669 e. The fourth-order valence-electron chi connectivity index (χ4n) is 7.64. The number of allylic oxidation sites excluding steroid dienone is 6. The first-order chi connectivity index (χ1) is 23.2. The minimum Gasteiger partial charge on any atom is -0.333 e. The molecule has 0 spiro atoms. The first-order valence-corrected chi connectivity index (χ1v) is 17.2. The molecule has 1 heterocycles. The van der Waals surface area contributed by atoms with Gasteiger partial charge in [0, 0.05) is 33.1 Å². The van der Waals surface area contributed by atoms with Crippen molar-refractivity contribution in [1.29, 1.82) is 0 Å². The third-order valence-electron chi connectivity index (χ3n) is 9.92. The summed E-state index contributed by atoms with van der Waals surface area (Å²) >= 11 is 0. The second-order valence-corrected chi connectivity index (χ2v) is 12.8. The summed E-state index contributed by atoms with van der Waals surface area (Å²) in [5.74, 6) is 0. The van der Waals surface area contributed by atoms with E-state index in [-0.39, 0.29) is 0 Å². The van der Waals surface area contributed by atoms with Crippen molar-refractivity contribution in [1.82, 2.24) is 4.57 Å². The molecular weight excluding hydrogens is 569 g/mol. The summed E-state index contributed by atoms with van der Waals surface area (Å²) in [5, 5.41) is 5.29. The van der Waals surface area contributed by atoms with Gasteiger partial charge in [-0.3, -0.25) is 4.99 Å². The summed E-state index contributed by atoms with van der Waals surface area (Å²) in [6, 6.07) is 38.1. The van der Waals surface area contributed by atoms with Crippen LogP contribution < -0.4 is 0 Å². The highest BCUT2D eigenvalue weighted by molar-refractivity contribution is 6.08. The Bertz CT molecular complexity index is 2230. The quantitative estimate of drug-likeness (QED) is 0.160. The Morgan fingerprint density at radius 2 is 1.49 bits per heavy atom. The standard InChI is InChI=1S/C45H40N2/c1-3-13-43(46-42(4-2)41-30-34-14-5-6-15-36(34)37-16-7-8-17-38(37)41)33-24-22-31(23-25-33)32-26-28-35(29-27-32)47-44-20-11-9-18-39(44)40-19-10-12-21-45(40)47/h4-5,7-12,14,16-28,30,35H,3,6,13,15,29H2,1-2H3/b42-4-,46-43+/t35-/m1/s1. The Morgan fingerprint density at radius 1 is 0.809 bits per heavy atom. The summed E-state index contributed by atoms with van der Waals surface area (Å²) in [6.07, 6.45) is 19.0. The van der Waals surface area contributed by atoms with Crippen LogP contribution >= 0.6 is 0 Å². The molecule has 1 atom stereocenters. The molecule has 0 aliphatic heterocycles. The number of aryl methyl sites for hydroxylation is 1. The Hall–Kier alpha value is -5.21. The predicted molar refractivity (Wildman–Crippen MR) is 203 cm³/mol. The van der Waals surface area contributed by atoms with Crippen molar-refractivity contribution in [3.8, 4) is 0 Å². The number of aliphatic imine (C=N–C) groups is 1. The van der Waals surface area contributed by atoms with Crippen LogP contribution in [0.25, 0.3) is 49.9 Å². The minimum absolute atomic E-state index is 0.292. The molecule has 2 aliphatic rings. The van der Waals surface area contributed by atoms with Crippen molar-refractivity contribution in [3.05, 3.63) is 161 Å². The molecule has 0 saturated carbocycles. The molecule has 8 rings (SSSR count). The van der Waals surface area contributed by atoms with Crippen LogP contribution in [0.15, 0.2) is 139 Å². The third-order valence-corrected chi connectivity index (χ3v) is 9.92. The second kappa shape index (κ2) is 12.5. The number of hydrogen-bond donors (Lipinski definition) is 0. The lowest BCUT2D eigenvalue weighted by molar-refractivity contribution is 0.649. The average Bonchev–Trinajstić information content (AvgIpc) is 3.48. The topological polar surface area (TPSA) is 17.3 Å². The molecule has 2 heteroatoms. The van der Waals surface area contributed by atoms with Crippen molar-refractivity contribution in [2.45, 2.75) is 52.0 Å². The first-order valence-electron chi connectivity index (χ1n) is 17.2. The lowest BCUT2D eigenvalue weighted by atomic mass is 9.88. The van der Waals surface area contributed by atoms with Gasteiger partial charge in [-0.15, -0.1) is 0 Å². The van der Waals surface area contributed by atoms with Crippen LogP contribution in [0.3, 0.4) is 0 Å². The number of aromatic nitrogens is 1. The monoisotopic (exact) mass is 608 g/mol. The SMILES string of the molecule is C/C=C(\N=C(/CCC)c1ccc(C2=CC[C@H](n3c4ccccc4c4ccccc43)C=C2)cc1)c1cc2c(c3ccccc13)CCC=C2. The molecule has 47 heavy (non-hydrogen) atoms. The van der Waals surface area contributed by atoms with Gasteiger partial charge >= 0.3 is 0 Å². The number of benzene rings is 5. The van der Waals surface area contributed by atoms with Gasteiger partial charge in [0.25, 0.3) is 0 Å². The highest BCUT2D eigenvalue weighted by Gasteiger charge is 2.19. The van der Waals surface area contributed by atoms with Crippen molar-refractivity contribution in [3.63, 3.8) is 0 Å². The summed E-state index contributed by atoms with van der Waals surface area (Å²) in [7, 11) is 0. The van der Waals surface area contributed by atoms with Crippen LogP contribution in [0.2, 0.25) is 0 Å². The molecule has 0 amide bonds. The predicted octanol–water partition coefficient (Wildman–Crippen LogP) is 12.1. The van der Waals surface area contributed by atoms with Gasteiger partial charge in [0.2, 0.25) is 0 Å². The molecule has 0 bridgehead atoms. The number of hydrogen-bond acceptors (Lipinski definition) is 1. The maximum Gasteiger partial charge on any atom is 0.0669 e. The van der Waals surface area contributed by atoms with E-state index in [1.54, 1.807) is 0 Å². The Balaban J connectivity index is 1.08. The van der Waals surface area contributed by atoms with Crippen molar-refractivity contribution < 1.29 is 0 Å². The molecule has 2 aliphatic carbocycles. The molecule has 0 unspecified atom stereocenters. The van der Waals surface area contributed by atoms with Crippen molar-refractivity contribution >= 4 is 55.6 Å². The number of fused-ring (bicyclic) bond motifs is 6. The highest BCUT2D eigenvalue weighted by atomic mass is 15.0. The number of nitrogens with zero attached hydrogens (tertiary/aromatic N) is 2. The summed E-state index contributed by atoms with van der Waals surface area (Å²) < 4.78 is 2.51. The molecular formula is C45H40N2. The largest absolute Gasteiger partial charge is 0.333 e. The van der Waals surface area contributed by atoms with Crippen LogP contribution in [0.4, 0.5) is 0 Å². The van der Waals surface area contributed by atoms with Gasteiger partial charge in [-0.05, 0) is 89.4 Å². The highest BCUT2D eigenvalue weighted by Crippen LogP contribution is 2.37. The zero-order valence-corrected chi connectivity index (χ0v) is 27.3. The van der Waals surface area contributed by atoms with Crippen LogP contribution in [-0.2, 0) is 6.42 Å². The zero-order valence-electron chi connectivity index (χ0n) is 27.3. The molecule has 230 valence electrons. The van der Waals surface area contributed by atoms with Gasteiger partial charge < -0.3 is 4.57 Å². The van der Waals surface area contributed by atoms with Crippen molar-refractivity contribution in [2.75, 3.05) is 0 Å². The van der Waals surface area contributed by atoms with Gasteiger partial charge in [0.05, 0.1) is 11.7 Å². The van der Waals surface area contributed by atoms with E-state index in [2.05, 4.69) is 158 Å². The summed E-state index contributed by atoms with van der Waals surface area (Å²) in [6.45, 7) is 4.35. The molecule has 5 aromatic carbocycles. The van der Waals surface area contributed by atoms with E-state index in [1.165, 1.54) is 66.0 Å². The molecule has 1 aromatic heterocycles. The van der Waals surface area contributed by atoms with Crippen molar-refractivity contribution in [2.24, 2.45) is 4.99 Å². The fourth-order valence-corrected chi connectivity index (χ4v) is 7.64. The molecule has 0 N–H and O–H groups in total. The van der Waals surface area contributed by atoms with E-state index in [0.29, 0.717) is 6.04 Å². The lowest BCUT2D eigenvalue weighted by Crippen LogP contribution is -2.08. The van der Waals surface area contributed by atoms with Gasteiger partial charge in [-0.2, -0.15) is 0 Å². The van der Waals surface area contributed by atoms with Gasteiger partial charge in [0.15, 0.2) is 0 Å². The van der Waals surface area contributed by atoms with E-state index >= 15 is 0 Å².